The number of amides is 1. The van der Waals surface area contributed by atoms with Crippen molar-refractivity contribution in [2.75, 3.05) is 14.1 Å². The van der Waals surface area contributed by atoms with Crippen molar-refractivity contribution in [2.45, 2.75) is 31.4 Å². The number of nitrogens with zero attached hydrogens (tertiary/aromatic N) is 1. The first-order valence-electron chi connectivity index (χ1n) is 8.26. The lowest BCUT2D eigenvalue weighted by atomic mass is 10.2. The van der Waals surface area contributed by atoms with Crippen LogP contribution in [0.15, 0.2) is 53.4 Å². The molecule has 0 aliphatic carbocycles. The molecule has 0 saturated heterocycles. The summed E-state index contributed by atoms with van der Waals surface area (Å²) in [6.07, 6.45) is 0.103. The van der Waals surface area contributed by atoms with Crippen molar-refractivity contribution in [1.82, 2.24) is 9.62 Å². The van der Waals surface area contributed by atoms with Crippen LogP contribution in [-0.2, 0) is 16.6 Å². The molecule has 0 unspecified atom stereocenters. The molecule has 0 spiro atoms. The van der Waals surface area contributed by atoms with Crippen LogP contribution in [0.2, 0.25) is 0 Å². The van der Waals surface area contributed by atoms with Gasteiger partial charge in [0.2, 0.25) is 10.0 Å². The number of benzene rings is 2. The lowest BCUT2D eigenvalue weighted by molar-refractivity contribution is 0.0950. The molecule has 0 aliphatic rings. The lowest BCUT2D eigenvalue weighted by Gasteiger charge is -2.12. The zero-order chi connectivity index (χ0) is 19.3. The summed E-state index contributed by atoms with van der Waals surface area (Å²) < 4.78 is 31.0. The molecule has 7 heteroatoms. The highest BCUT2D eigenvalue weighted by Crippen LogP contribution is 2.16. The van der Waals surface area contributed by atoms with Crippen LogP contribution >= 0.6 is 0 Å². The highest BCUT2D eigenvalue weighted by molar-refractivity contribution is 7.89. The third kappa shape index (κ3) is 5.06. The third-order valence-corrected chi connectivity index (χ3v) is 5.43. The van der Waals surface area contributed by atoms with Crippen molar-refractivity contribution in [1.29, 1.82) is 0 Å². The SMILES string of the molecule is CC(C)Oc1ccc(CNC(=O)c2cccc(S(=O)(=O)N(C)C)c2)cc1. The van der Waals surface area contributed by atoms with Gasteiger partial charge in [-0.25, -0.2) is 12.7 Å². The molecule has 0 aliphatic heterocycles. The second-order valence-corrected chi connectivity index (χ2v) is 8.46. The number of hydrogen-bond acceptors (Lipinski definition) is 4. The van der Waals surface area contributed by atoms with Gasteiger partial charge in [-0.15, -0.1) is 0 Å². The molecule has 2 rings (SSSR count). The molecule has 0 fully saturated rings. The monoisotopic (exact) mass is 376 g/mol. The summed E-state index contributed by atoms with van der Waals surface area (Å²) >= 11 is 0. The maximum absolute atomic E-state index is 12.3. The molecule has 0 saturated carbocycles. The quantitative estimate of drug-likeness (QED) is 0.806. The molecule has 1 N–H and O–H groups in total. The molecular weight excluding hydrogens is 352 g/mol. The van der Waals surface area contributed by atoms with E-state index in [-0.39, 0.29) is 16.9 Å². The maximum Gasteiger partial charge on any atom is 0.251 e. The zero-order valence-electron chi connectivity index (χ0n) is 15.4. The van der Waals surface area contributed by atoms with Gasteiger partial charge >= 0.3 is 0 Å². The van der Waals surface area contributed by atoms with E-state index in [1.807, 2.05) is 38.1 Å². The molecule has 0 aromatic heterocycles. The van der Waals surface area contributed by atoms with Crippen LogP contribution in [-0.4, -0.2) is 38.8 Å². The van der Waals surface area contributed by atoms with Gasteiger partial charge in [0.1, 0.15) is 5.75 Å². The summed E-state index contributed by atoms with van der Waals surface area (Å²) in [5, 5.41) is 2.80. The van der Waals surface area contributed by atoms with Gasteiger partial charge in [-0.3, -0.25) is 4.79 Å². The number of ether oxygens (including phenoxy) is 1. The minimum absolute atomic E-state index is 0.0883. The molecule has 26 heavy (non-hydrogen) atoms. The zero-order valence-corrected chi connectivity index (χ0v) is 16.2. The summed E-state index contributed by atoms with van der Waals surface area (Å²) in [4.78, 5) is 12.4. The normalized spacial score (nSPS) is 11.6. The summed E-state index contributed by atoms with van der Waals surface area (Å²) in [6, 6.07) is 13.5. The fourth-order valence-corrected chi connectivity index (χ4v) is 3.20. The van der Waals surface area contributed by atoms with Crippen molar-refractivity contribution in [2.24, 2.45) is 0 Å². The molecule has 0 radical (unpaired) electrons. The molecule has 2 aromatic rings. The van der Waals surface area contributed by atoms with Crippen molar-refractivity contribution in [3.63, 3.8) is 0 Å². The second-order valence-electron chi connectivity index (χ2n) is 6.31. The number of carbonyl (C=O) groups excluding carboxylic acids is 1. The first kappa shape index (κ1) is 19.9. The minimum Gasteiger partial charge on any atom is -0.491 e. The average molecular weight is 376 g/mol. The second kappa shape index (κ2) is 8.33. The minimum atomic E-state index is -3.58. The Hall–Kier alpha value is -2.38. The van der Waals surface area contributed by atoms with Gasteiger partial charge in [0, 0.05) is 26.2 Å². The summed E-state index contributed by atoms with van der Waals surface area (Å²) in [6.45, 7) is 4.25. The highest BCUT2D eigenvalue weighted by atomic mass is 32.2. The van der Waals surface area contributed by atoms with Crippen LogP contribution in [0.4, 0.5) is 0 Å². The van der Waals surface area contributed by atoms with Crippen LogP contribution < -0.4 is 10.1 Å². The predicted molar refractivity (Wildman–Crippen MR) is 101 cm³/mol. The lowest BCUT2D eigenvalue weighted by Crippen LogP contribution is -2.25. The highest BCUT2D eigenvalue weighted by Gasteiger charge is 2.18. The van der Waals surface area contributed by atoms with Crippen molar-refractivity contribution < 1.29 is 17.9 Å². The van der Waals surface area contributed by atoms with Gasteiger partial charge in [0.05, 0.1) is 11.0 Å². The van der Waals surface area contributed by atoms with E-state index >= 15 is 0 Å². The van der Waals surface area contributed by atoms with Gasteiger partial charge in [-0.05, 0) is 49.7 Å². The smallest absolute Gasteiger partial charge is 0.251 e. The van der Waals surface area contributed by atoms with Crippen molar-refractivity contribution in [3.8, 4) is 5.75 Å². The first-order chi connectivity index (χ1) is 12.2. The Kier molecular flexibility index (Phi) is 6.39. The Morgan fingerprint density at radius 1 is 1.12 bits per heavy atom. The van der Waals surface area contributed by atoms with Crippen molar-refractivity contribution in [3.05, 3.63) is 59.7 Å². The number of rotatable bonds is 7. The third-order valence-electron chi connectivity index (χ3n) is 3.62. The maximum atomic E-state index is 12.3. The van der Waals surface area contributed by atoms with E-state index in [1.165, 1.54) is 26.2 Å². The van der Waals surface area contributed by atoms with E-state index in [2.05, 4.69) is 5.32 Å². The molecule has 0 atom stereocenters. The molecule has 140 valence electrons. The molecule has 2 aromatic carbocycles. The number of hydrogen-bond donors (Lipinski definition) is 1. The van der Waals surface area contributed by atoms with E-state index < -0.39 is 10.0 Å². The topological polar surface area (TPSA) is 75.7 Å². The Morgan fingerprint density at radius 3 is 2.35 bits per heavy atom. The van der Waals surface area contributed by atoms with Gasteiger partial charge in [-0.2, -0.15) is 0 Å². The van der Waals surface area contributed by atoms with Gasteiger partial charge in [-0.1, -0.05) is 18.2 Å². The van der Waals surface area contributed by atoms with Crippen LogP contribution in [0.3, 0.4) is 0 Å². The van der Waals surface area contributed by atoms with E-state index in [9.17, 15) is 13.2 Å². The summed E-state index contributed by atoms with van der Waals surface area (Å²) in [5.41, 5.74) is 1.22. The largest absolute Gasteiger partial charge is 0.491 e. The number of carbonyl (C=O) groups is 1. The van der Waals surface area contributed by atoms with Gasteiger partial charge < -0.3 is 10.1 Å². The predicted octanol–water partition coefficient (Wildman–Crippen LogP) is 2.65. The molecule has 6 nitrogen and oxygen atoms in total. The van der Waals surface area contributed by atoms with E-state index in [4.69, 9.17) is 4.74 Å². The summed E-state index contributed by atoms with van der Waals surface area (Å²) in [5.74, 6) is 0.444. The first-order valence-corrected chi connectivity index (χ1v) is 9.70. The Morgan fingerprint density at radius 2 is 1.77 bits per heavy atom. The molecule has 0 bridgehead atoms. The van der Waals surface area contributed by atoms with Gasteiger partial charge in [0.15, 0.2) is 0 Å². The number of sulfonamides is 1. The fourth-order valence-electron chi connectivity index (χ4n) is 2.25. The molecule has 0 heterocycles. The van der Waals surface area contributed by atoms with Crippen LogP contribution in [0.1, 0.15) is 29.8 Å². The van der Waals surface area contributed by atoms with E-state index in [0.29, 0.717) is 12.1 Å². The summed E-state index contributed by atoms with van der Waals surface area (Å²) in [7, 11) is -0.669. The van der Waals surface area contributed by atoms with Crippen LogP contribution in [0, 0.1) is 0 Å². The Balaban J connectivity index is 2.04. The van der Waals surface area contributed by atoms with Crippen LogP contribution in [0.25, 0.3) is 0 Å². The fraction of sp³-hybridized carbons (Fsp3) is 0.316. The standard InChI is InChI=1S/C19H24N2O4S/c1-14(2)25-17-10-8-15(9-11-17)13-20-19(22)16-6-5-7-18(12-16)26(23,24)21(3)4/h5-12,14H,13H2,1-4H3,(H,20,22). The van der Waals surface area contributed by atoms with E-state index in [0.717, 1.165) is 15.6 Å². The Labute approximate surface area is 154 Å². The molecule has 1 amide bonds. The van der Waals surface area contributed by atoms with Gasteiger partial charge in [0.25, 0.3) is 5.91 Å². The molecular formula is C19H24N2O4S. The Bertz CT molecular complexity index is 859. The number of nitrogens with one attached hydrogen (secondary N) is 1. The average Bonchev–Trinajstić information content (AvgIpc) is 2.60. The van der Waals surface area contributed by atoms with Crippen molar-refractivity contribution >= 4 is 15.9 Å². The van der Waals surface area contributed by atoms with Crippen LogP contribution in [0.5, 0.6) is 5.75 Å². The van der Waals surface area contributed by atoms with E-state index in [1.54, 1.807) is 12.1 Å².